The third-order valence-electron chi connectivity index (χ3n) is 5.30. The highest BCUT2D eigenvalue weighted by molar-refractivity contribution is 5.89. The number of rotatable bonds is 8. The summed E-state index contributed by atoms with van der Waals surface area (Å²) in [7, 11) is 1.59. The Bertz CT molecular complexity index is 642. The number of aryl methyl sites for hydroxylation is 1. The van der Waals surface area contributed by atoms with E-state index < -0.39 is 16.9 Å². The van der Waals surface area contributed by atoms with Gasteiger partial charge >= 0.3 is 5.97 Å². The molecule has 1 fully saturated rings. The first-order valence-corrected chi connectivity index (χ1v) is 8.56. The quantitative estimate of drug-likeness (QED) is 0.753. The number of nitrogens with one attached hydrogen (secondary N) is 1. The third-order valence-corrected chi connectivity index (χ3v) is 5.30. The van der Waals surface area contributed by atoms with Gasteiger partial charge in [-0.1, -0.05) is 32.0 Å². The Morgan fingerprint density at radius 3 is 2.56 bits per heavy atom. The second-order valence-corrected chi connectivity index (χ2v) is 6.94. The molecule has 2 N–H and O–H groups in total. The van der Waals surface area contributed by atoms with Crippen molar-refractivity contribution in [2.45, 2.75) is 51.7 Å². The molecule has 25 heavy (non-hydrogen) atoms. The molecule has 0 spiro atoms. The molecule has 0 aromatic heterocycles. The molecule has 0 aliphatic heterocycles. The Hall–Kier alpha value is -2.08. The van der Waals surface area contributed by atoms with Gasteiger partial charge in [-0.15, -0.1) is 0 Å². The molecule has 0 radical (unpaired) electrons. The molecule has 0 saturated heterocycles. The molecule has 6 nitrogen and oxygen atoms in total. The van der Waals surface area contributed by atoms with Gasteiger partial charge < -0.3 is 19.9 Å². The lowest BCUT2D eigenvalue weighted by Gasteiger charge is -2.58. The number of carbonyl (C=O) groups is 2. The maximum Gasteiger partial charge on any atom is 0.330 e. The molecule has 2 unspecified atom stereocenters. The van der Waals surface area contributed by atoms with Gasteiger partial charge in [-0.25, -0.2) is 4.79 Å². The number of para-hydroxylation sites is 1. The molecule has 0 bridgehead atoms. The molecule has 138 valence electrons. The van der Waals surface area contributed by atoms with Crippen LogP contribution in [0.2, 0.25) is 0 Å². The van der Waals surface area contributed by atoms with Crippen molar-refractivity contribution in [2.75, 3.05) is 13.7 Å². The Kier molecular flexibility index (Phi) is 5.72. The van der Waals surface area contributed by atoms with Crippen LogP contribution in [0.15, 0.2) is 24.3 Å². The SMILES string of the molecule is CCOC1CC(NC(=O)CCc2ccccc2OC)(C(=O)O)C1(C)C. The van der Waals surface area contributed by atoms with Crippen LogP contribution in [0.5, 0.6) is 5.75 Å². The van der Waals surface area contributed by atoms with E-state index in [2.05, 4.69) is 5.32 Å². The Labute approximate surface area is 148 Å². The predicted molar refractivity (Wildman–Crippen MR) is 93.6 cm³/mol. The van der Waals surface area contributed by atoms with Crippen molar-refractivity contribution in [3.63, 3.8) is 0 Å². The number of hydrogen-bond donors (Lipinski definition) is 2. The minimum Gasteiger partial charge on any atom is -0.496 e. The number of amides is 1. The minimum atomic E-state index is -1.29. The maximum absolute atomic E-state index is 12.4. The van der Waals surface area contributed by atoms with Crippen molar-refractivity contribution in [3.8, 4) is 5.75 Å². The van der Waals surface area contributed by atoms with Crippen LogP contribution in [0.1, 0.15) is 39.2 Å². The van der Waals surface area contributed by atoms with Crippen LogP contribution in [0.3, 0.4) is 0 Å². The molecule has 2 atom stereocenters. The number of hydrogen-bond acceptors (Lipinski definition) is 4. The van der Waals surface area contributed by atoms with Gasteiger partial charge in [0.2, 0.25) is 5.91 Å². The van der Waals surface area contributed by atoms with Crippen molar-refractivity contribution in [1.82, 2.24) is 5.32 Å². The van der Waals surface area contributed by atoms with Crippen LogP contribution in [0.25, 0.3) is 0 Å². The first kappa shape index (κ1) is 19.2. The van der Waals surface area contributed by atoms with Gasteiger partial charge in [-0.3, -0.25) is 4.79 Å². The monoisotopic (exact) mass is 349 g/mol. The van der Waals surface area contributed by atoms with Crippen molar-refractivity contribution in [1.29, 1.82) is 0 Å². The van der Waals surface area contributed by atoms with E-state index in [1.54, 1.807) is 7.11 Å². The molecule has 1 aliphatic rings. The second-order valence-electron chi connectivity index (χ2n) is 6.94. The van der Waals surface area contributed by atoms with E-state index in [9.17, 15) is 14.7 Å². The van der Waals surface area contributed by atoms with E-state index >= 15 is 0 Å². The lowest BCUT2D eigenvalue weighted by Crippen LogP contribution is -2.76. The molecule has 6 heteroatoms. The standard InChI is InChI=1S/C19H27NO5/c1-5-25-15-12-19(17(22)23,18(15,2)3)20-16(21)11-10-13-8-6-7-9-14(13)24-4/h6-9,15H,5,10-12H2,1-4H3,(H,20,21)(H,22,23). The smallest absolute Gasteiger partial charge is 0.330 e. The number of carboxylic acids is 1. The van der Waals surface area contributed by atoms with Crippen molar-refractivity contribution >= 4 is 11.9 Å². The minimum absolute atomic E-state index is 0.178. The van der Waals surface area contributed by atoms with Crippen LogP contribution in [-0.4, -0.2) is 42.3 Å². The summed E-state index contributed by atoms with van der Waals surface area (Å²) < 4.78 is 10.9. The second kappa shape index (κ2) is 7.44. The summed E-state index contributed by atoms with van der Waals surface area (Å²) in [5.41, 5.74) is -1.04. The molecule has 2 rings (SSSR count). The number of aliphatic carboxylic acids is 1. The van der Waals surface area contributed by atoms with E-state index in [4.69, 9.17) is 9.47 Å². The predicted octanol–water partition coefficient (Wildman–Crippen LogP) is 2.40. The number of ether oxygens (including phenoxy) is 2. The average molecular weight is 349 g/mol. The Morgan fingerprint density at radius 1 is 1.32 bits per heavy atom. The fourth-order valence-corrected chi connectivity index (χ4v) is 3.50. The number of carboxylic acid groups (broad SMARTS) is 1. The summed E-state index contributed by atoms with van der Waals surface area (Å²) in [4.78, 5) is 24.3. The summed E-state index contributed by atoms with van der Waals surface area (Å²) in [5.74, 6) is -0.570. The van der Waals surface area contributed by atoms with Crippen LogP contribution in [-0.2, 0) is 20.7 Å². The van der Waals surface area contributed by atoms with Crippen LogP contribution in [0.4, 0.5) is 0 Å². The molecule has 1 aromatic rings. The van der Waals surface area contributed by atoms with Gasteiger partial charge in [0.25, 0.3) is 0 Å². The summed E-state index contributed by atoms with van der Waals surface area (Å²) in [6, 6.07) is 7.49. The highest BCUT2D eigenvalue weighted by Crippen LogP contribution is 2.51. The van der Waals surface area contributed by atoms with Gasteiger partial charge in [0, 0.05) is 24.9 Å². The Balaban J connectivity index is 2.04. The number of methoxy groups -OCH3 is 1. The summed E-state index contributed by atoms with van der Waals surface area (Å²) in [6.07, 6.45) is 0.790. The van der Waals surface area contributed by atoms with Crippen LogP contribution in [0, 0.1) is 5.41 Å². The van der Waals surface area contributed by atoms with Crippen LogP contribution < -0.4 is 10.1 Å². The summed E-state index contributed by atoms with van der Waals surface area (Å²) in [6.45, 7) is 6.05. The lowest BCUT2D eigenvalue weighted by molar-refractivity contribution is -0.194. The van der Waals surface area contributed by atoms with E-state index in [1.807, 2.05) is 45.0 Å². The van der Waals surface area contributed by atoms with E-state index in [0.29, 0.717) is 13.0 Å². The first-order valence-electron chi connectivity index (χ1n) is 8.56. The molecular formula is C19H27NO5. The van der Waals surface area contributed by atoms with Gasteiger partial charge in [-0.05, 0) is 25.0 Å². The highest BCUT2D eigenvalue weighted by Gasteiger charge is 2.66. The zero-order chi connectivity index (χ0) is 18.7. The fourth-order valence-electron chi connectivity index (χ4n) is 3.50. The fraction of sp³-hybridized carbons (Fsp3) is 0.579. The topological polar surface area (TPSA) is 84.9 Å². The van der Waals surface area contributed by atoms with Gasteiger partial charge in [0.1, 0.15) is 11.3 Å². The summed E-state index contributed by atoms with van der Waals surface area (Å²) >= 11 is 0. The van der Waals surface area contributed by atoms with Crippen molar-refractivity contribution in [2.24, 2.45) is 5.41 Å². The first-order chi connectivity index (χ1) is 11.8. The largest absolute Gasteiger partial charge is 0.496 e. The number of benzene rings is 1. The van der Waals surface area contributed by atoms with E-state index in [1.165, 1.54) is 0 Å². The van der Waals surface area contributed by atoms with E-state index in [0.717, 1.165) is 11.3 Å². The zero-order valence-corrected chi connectivity index (χ0v) is 15.3. The van der Waals surface area contributed by atoms with Crippen LogP contribution >= 0.6 is 0 Å². The molecular weight excluding hydrogens is 322 g/mol. The maximum atomic E-state index is 12.4. The lowest BCUT2D eigenvalue weighted by atomic mass is 9.54. The van der Waals surface area contributed by atoms with E-state index in [-0.39, 0.29) is 24.9 Å². The normalized spacial score (nSPS) is 24.2. The molecule has 0 heterocycles. The molecule has 1 saturated carbocycles. The summed E-state index contributed by atoms with van der Waals surface area (Å²) in [5, 5.41) is 12.5. The zero-order valence-electron chi connectivity index (χ0n) is 15.3. The van der Waals surface area contributed by atoms with Crippen molar-refractivity contribution in [3.05, 3.63) is 29.8 Å². The third kappa shape index (κ3) is 3.49. The number of carbonyl (C=O) groups excluding carboxylic acids is 1. The van der Waals surface area contributed by atoms with Crippen molar-refractivity contribution < 1.29 is 24.2 Å². The average Bonchev–Trinajstić information content (AvgIpc) is 2.58. The molecule has 1 aromatic carbocycles. The molecule has 1 amide bonds. The Morgan fingerprint density at radius 2 is 2.00 bits per heavy atom. The van der Waals surface area contributed by atoms with Gasteiger partial charge in [0.05, 0.1) is 13.2 Å². The highest BCUT2D eigenvalue weighted by atomic mass is 16.5. The van der Waals surface area contributed by atoms with Gasteiger partial charge in [-0.2, -0.15) is 0 Å². The van der Waals surface area contributed by atoms with Gasteiger partial charge in [0.15, 0.2) is 0 Å². The molecule has 1 aliphatic carbocycles.